The van der Waals surface area contributed by atoms with Gasteiger partial charge in [-0.2, -0.15) is 0 Å². The average Bonchev–Trinajstić information content (AvgIpc) is 2.34. The highest BCUT2D eigenvalue weighted by molar-refractivity contribution is 4.78. The second-order valence-corrected chi connectivity index (χ2v) is 3.43. The molecular formula is C9H18O2. The maximum atomic E-state index is 5.69. The fourth-order valence-electron chi connectivity index (χ4n) is 1.67. The summed E-state index contributed by atoms with van der Waals surface area (Å²) < 4.78 is 11.0. The molecule has 1 fully saturated rings. The van der Waals surface area contributed by atoms with E-state index < -0.39 is 0 Å². The summed E-state index contributed by atoms with van der Waals surface area (Å²) in [6.07, 6.45) is 4.59. The number of hydrogen-bond acceptors (Lipinski definition) is 2. The SMILES string of the molecule is CO[C@@H]1CCC[C@H]1OC(C)C. The van der Waals surface area contributed by atoms with Crippen molar-refractivity contribution in [3.63, 3.8) is 0 Å². The van der Waals surface area contributed by atoms with Crippen LogP contribution in [0.15, 0.2) is 0 Å². The van der Waals surface area contributed by atoms with Gasteiger partial charge in [0.15, 0.2) is 0 Å². The fraction of sp³-hybridized carbons (Fsp3) is 1.00. The lowest BCUT2D eigenvalue weighted by Crippen LogP contribution is -2.27. The standard InChI is InChI=1S/C9H18O2/c1-7(2)11-9-6-4-5-8(9)10-3/h7-9H,4-6H2,1-3H3/t8-,9-/m1/s1. The molecule has 2 atom stereocenters. The number of methoxy groups -OCH3 is 1. The highest BCUT2D eigenvalue weighted by Crippen LogP contribution is 2.25. The lowest BCUT2D eigenvalue weighted by molar-refractivity contribution is -0.0631. The van der Waals surface area contributed by atoms with E-state index in [0.29, 0.717) is 18.3 Å². The third kappa shape index (κ3) is 2.46. The van der Waals surface area contributed by atoms with Crippen LogP contribution in [0.25, 0.3) is 0 Å². The topological polar surface area (TPSA) is 18.5 Å². The molecule has 1 saturated carbocycles. The van der Waals surface area contributed by atoms with Gasteiger partial charge < -0.3 is 9.47 Å². The first-order chi connectivity index (χ1) is 5.24. The van der Waals surface area contributed by atoms with E-state index in [-0.39, 0.29) is 0 Å². The van der Waals surface area contributed by atoms with Crippen molar-refractivity contribution in [2.24, 2.45) is 0 Å². The third-order valence-electron chi connectivity index (χ3n) is 2.14. The van der Waals surface area contributed by atoms with Crippen LogP contribution in [0.3, 0.4) is 0 Å². The van der Waals surface area contributed by atoms with Gasteiger partial charge in [-0.3, -0.25) is 0 Å². The van der Waals surface area contributed by atoms with Gasteiger partial charge in [-0.1, -0.05) is 0 Å². The van der Waals surface area contributed by atoms with E-state index in [1.165, 1.54) is 6.42 Å². The predicted octanol–water partition coefficient (Wildman–Crippen LogP) is 1.98. The van der Waals surface area contributed by atoms with Crippen LogP contribution >= 0.6 is 0 Å². The second kappa shape index (κ2) is 4.07. The highest BCUT2D eigenvalue weighted by atomic mass is 16.5. The van der Waals surface area contributed by atoms with Crippen molar-refractivity contribution in [3.8, 4) is 0 Å². The Morgan fingerprint density at radius 1 is 1.18 bits per heavy atom. The van der Waals surface area contributed by atoms with E-state index in [4.69, 9.17) is 9.47 Å². The summed E-state index contributed by atoms with van der Waals surface area (Å²) in [5, 5.41) is 0. The quantitative estimate of drug-likeness (QED) is 0.625. The molecule has 2 heteroatoms. The molecule has 0 N–H and O–H groups in total. The third-order valence-corrected chi connectivity index (χ3v) is 2.14. The van der Waals surface area contributed by atoms with E-state index in [1.54, 1.807) is 7.11 Å². The zero-order chi connectivity index (χ0) is 8.27. The molecule has 66 valence electrons. The zero-order valence-corrected chi connectivity index (χ0v) is 7.67. The molecule has 0 radical (unpaired) electrons. The monoisotopic (exact) mass is 158 g/mol. The van der Waals surface area contributed by atoms with Crippen molar-refractivity contribution in [1.29, 1.82) is 0 Å². The molecule has 0 bridgehead atoms. The Kier molecular flexibility index (Phi) is 3.34. The van der Waals surface area contributed by atoms with Crippen LogP contribution in [0.4, 0.5) is 0 Å². The zero-order valence-electron chi connectivity index (χ0n) is 7.67. The van der Waals surface area contributed by atoms with Crippen LogP contribution in [0.1, 0.15) is 33.1 Å². The van der Waals surface area contributed by atoms with Crippen LogP contribution in [0, 0.1) is 0 Å². The summed E-state index contributed by atoms with van der Waals surface area (Å²) in [7, 11) is 1.77. The van der Waals surface area contributed by atoms with E-state index in [0.717, 1.165) is 12.8 Å². The number of ether oxygens (including phenoxy) is 2. The van der Waals surface area contributed by atoms with E-state index in [1.807, 2.05) is 0 Å². The van der Waals surface area contributed by atoms with Crippen LogP contribution < -0.4 is 0 Å². The predicted molar refractivity (Wildman–Crippen MR) is 44.7 cm³/mol. The highest BCUT2D eigenvalue weighted by Gasteiger charge is 2.28. The minimum Gasteiger partial charge on any atom is -0.379 e. The summed E-state index contributed by atoms with van der Waals surface area (Å²) >= 11 is 0. The van der Waals surface area contributed by atoms with Gasteiger partial charge >= 0.3 is 0 Å². The minimum atomic E-state index is 0.329. The maximum absolute atomic E-state index is 5.69. The molecule has 0 heterocycles. The van der Waals surface area contributed by atoms with Crippen molar-refractivity contribution in [2.75, 3.05) is 7.11 Å². The summed E-state index contributed by atoms with van der Waals surface area (Å²) in [6.45, 7) is 4.15. The van der Waals surface area contributed by atoms with Crippen molar-refractivity contribution in [3.05, 3.63) is 0 Å². The van der Waals surface area contributed by atoms with E-state index >= 15 is 0 Å². The molecule has 0 unspecified atom stereocenters. The Bertz CT molecular complexity index is 112. The van der Waals surface area contributed by atoms with Gasteiger partial charge in [0.2, 0.25) is 0 Å². The van der Waals surface area contributed by atoms with Gasteiger partial charge in [-0.05, 0) is 33.1 Å². The normalized spacial score (nSPS) is 31.6. The summed E-state index contributed by atoms with van der Waals surface area (Å²) in [5.41, 5.74) is 0. The first-order valence-electron chi connectivity index (χ1n) is 4.42. The lowest BCUT2D eigenvalue weighted by atomic mass is 10.2. The molecule has 1 aliphatic rings. The largest absolute Gasteiger partial charge is 0.379 e. The molecule has 0 spiro atoms. The van der Waals surface area contributed by atoms with Gasteiger partial charge in [0.25, 0.3) is 0 Å². The molecule has 1 aliphatic carbocycles. The maximum Gasteiger partial charge on any atom is 0.0840 e. The van der Waals surface area contributed by atoms with Crippen LogP contribution in [-0.2, 0) is 9.47 Å². The molecule has 0 aromatic heterocycles. The average molecular weight is 158 g/mol. The smallest absolute Gasteiger partial charge is 0.0840 e. The fourth-order valence-corrected chi connectivity index (χ4v) is 1.67. The number of rotatable bonds is 3. The number of hydrogen-bond donors (Lipinski definition) is 0. The Balaban J connectivity index is 2.31. The Morgan fingerprint density at radius 2 is 1.82 bits per heavy atom. The summed E-state index contributed by atoms with van der Waals surface area (Å²) in [6, 6.07) is 0. The van der Waals surface area contributed by atoms with Gasteiger partial charge in [-0.15, -0.1) is 0 Å². The molecule has 11 heavy (non-hydrogen) atoms. The van der Waals surface area contributed by atoms with Crippen LogP contribution in [0.5, 0.6) is 0 Å². The van der Waals surface area contributed by atoms with Crippen molar-refractivity contribution in [1.82, 2.24) is 0 Å². The second-order valence-electron chi connectivity index (χ2n) is 3.43. The van der Waals surface area contributed by atoms with Crippen molar-refractivity contribution in [2.45, 2.75) is 51.4 Å². The summed E-state index contributed by atoms with van der Waals surface area (Å²) in [5.74, 6) is 0. The molecule has 0 aromatic carbocycles. The van der Waals surface area contributed by atoms with E-state index in [9.17, 15) is 0 Å². The first kappa shape index (κ1) is 9.01. The molecule has 0 amide bonds. The van der Waals surface area contributed by atoms with E-state index in [2.05, 4.69) is 13.8 Å². The van der Waals surface area contributed by atoms with Gasteiger partial charge in [0, 0.05) is 7.11 Å². The summed E-state index contributed by atoms with van der Waals surface area (Å²) in [4.78, 5) is 0. The molecule has 1 rings (SSSR count). The Morgan fingerprint density at radius 3 is 2.36 bits per heavy atom. The van der Waals surface area contributed by atoms with Gasteiger partial charge in [-0.25, -0.2) is 0 Å². The van der Waals surface area contributed by atoms with Gasteiger partial charge in [0.1, 0.15) is 0 Å². The molecule has 0 aliphatic heterocycles. The molecule has 2 nitrogen and oxygen atoms in total. The van der Waals surface area contributed by atoms with Gasteiger partial charge in [0.05, 0.1) is 18.3 Å². The van der Waals surface area contributed by atoms with Crippen LogP contribution in [-0.4, -0.2) is 25.4 Å². The lowest BCUT2D eigenvalue weighted by Gasteiger charge is -2.20. The van der Waals surface area contributed by atoms with Crippen LogP contribution in [0.2, 0.25) is 0 Å². The Labute approximate surface area is 68.9 Å². The molecule has 0 saturated heterocycles. The minimum absolute atomic E-state index is 0.329. The first-order valence-corrected chi connectivity index (χ1v) is 4.42. The van der Waals surface area contributed by atoms with Crippen molar-refractivity contribution >= 4 is 0 Å². The Hall–Kier alpha value is -0.0800. The van der Waals surface area contributed by atoms with Crippen molar-refractivity contribution < 1.29 is 9.47 Å². The molecule has 0 aromatic rings. The molecular weight excluding hydrogens is 140 g/mol.